The number of pyridine rings is 1. The van der Waals surface area contributed by atoms with E-state index in [0.717, 1.165) is 22.2 Å². The third-order valence-electron chi connectivity index (χ3n) is 2.49. The first-order valence-electron chi connectivity index (χ1n) is 5.51. The van der Waals surface area contributed by atoms with Crippen LogP contribution < -0.4 is 10.5 Å². The number of hydrogen-bond acceptors (Lipinski definition) is 7. The van der Waals surface area contributed by atoms with Gasteiger partial charge in [0.15, 0.2) is 0 Å². The van der Waals surface area contributed by atoms with Gasteiger partial charge in [0.1, 0.15) is 0 Å². The zero-order chi connectivity index (χ0) is 14.2. The molecule has 3 rings (SSSR count). The number of nitrogens with two attached hydrogens (primary N) is 1. The molecule has 2 heterocycles. The first-order chi connectivity index (χ1) is 9.54. The molecule has 3 aromatic rings. The van der Waals surface area contributed by atoms with Gasteiger partial charge >= 0.3 is 0 Å². The summed E-state index contributed by atoms with van der Waals surface area (Å²) in [4.78, 5) is 4.18. The molecule has 1 aromatic carbocycles. The van der Waals surface area contributed by atoms with E-state index in [1.807, 2.05) is 24.3 Å². The molecule has 3 N–H and O–H groups in total. The number of aromatic nitrogens is 3. The number of rotatable bonds is 3. The minimum absolute atomic E-state index is 0.0991. The number of hydrogen-bond donors (Lipinski definition) is 2. The van der Waals surface area contributed by atoms with Crippen molar-refractivity contribution in [1.29, 1.82) is 0 Å². The van der Waals surface area contributed by atoms with Crippen molar-refractivity contribution in [3.05, 3.63) is 36.5 Å². The second kappa shape index (κ2) is 4.69. The highest BCUT2D eigenvalue weighted by Crippen LogP contribution is 2.22. The minimum Gasteiger partial charge on any atom is -0.374 e. The number of sulfonamides is 1. The van der Waals surface area contributed by atoms with Gasteiger partial charge in [0, 0.05) is 5.39 Å². The van der Waals surface area contributed by atoms with Gasteiger partial charge in [-0.3, -0.25) is 9.71 Å². The SMILES string of the molecule is Nc1nnc(S(=O)(=O)Nc2cnc3ccccc3c2)s1. The monoisotopic (exact) mass is 307 g/mol. The van der Waals surface area contributed by atoms with Crippen LogP contribution in [0.25, 0.3) is 10.9 Å². The number of benzene rings is 1. The van der Waals surface area contributed by atoms with E-state index >= 15 is 0 Å². The van der Waals surface area contributed by atoms with Crippen molar-refractivity contribution < 1.29 is 8.42 Å². The summed E-state index contributed by atoms with van der Waals surface area (Å²) < 4.78 is 26.4. The van der Waals surface area contributed by atoms with E-state index in [1.54, 1.807) is 6.07 Å². The molecular formula is C11H9N5O2S2. The molecule has 0 atom stereocenters. The molecule has 20 heavy (non-hydrogen) atoms. The van der Waals surface area contributed by atoms with E-state index in [0.29, 0.717) is 5.69 Å². The van der Waals surface area contributed by atoms with Crippen molar-refractivity contribution in [1.82, 2.24) is 15.2 Å². The molecule has 0 bridgehead atoms. The smallest absolute Gasteiger partial charge is 0.291 e. The topological polar surface area (TPSA) is 111 Å². The quantitative estimate of drug-likeness (QED) is 0.758. The van der Waals surface area contributed by atoms with E-state index in [2.05, 4.69) is 19.9 Å². The van der Waals surface area contributed by atoms with Gasteiger partial charge in [-0.2, -0.15) is 8.42 Å². The summed E-state index contributed by atoms with van der Waals surface area (Å²) in [7, 11) is -3.79. The minimum atomic E-state index is -3.79. The Balaban J connectivity index is 1.96. The maximum atomic E-state index is 12.1. The maximum absolute atomic E-state index is 12.1. The summed E-state index contributed by atoms with van der Waals surface area (Å²) in [6.45, 7) is 0. The van der Waals surface area contributed by atoms with Crippen LogP contribution in [0.2, 0.25) is 0 Å². The third kappa shape index (κ3) is 2.40. The van der Waals surface area contributed by atoms with Crippen LogP contribution >= 0.6 is 11.3 Å². The fourth-order valence-electron chi connectivity index (χ4n) is 1.65. The Bertz CT molecular complexity index is 875. The molecule has 0 amide bonds. The summed E-state index contributed by atoms with van der Waals surface area (Å²) >= 11 is 0.802. The van der Waals surface area contributed by atoms with E-state index in [-0.39, 0.29) is 9.47 Å². The predicted molar refractivity (Wildman–Crippen MR) is 76.9 cm³/mol. The fourth-order valence-corrected chi connectivity index (χ4v) is 3.47. The van der Waals surface area contributed by atoms with Crippen molar-refractivity contribution in [2.75, 3.05) is 10.5 Å². The molecular weight excluding hydrogens is 298 g/mol. The van der Waals surface area contributed by atoms with Crippen LogP contribution in [0.3, 0.4) is 0 Å². The van der Waals surface area contributed by atoms with Crippen LogP contribution in [0.4, 0.5) is 10.8 Å². The van der Waals surface area contributed by atoms with Crippen molar-refractivity contribution in [3.8, 4) is 0 Å². The first-order valence-corrected chi connectivity index (χ1v) is 7.81. The normalized spacial score (nSPS) is 11.6. The third-order valence-corrected chi connectivity index (χ3v) is 5.00. The molecule has 0 aliphatic heterocycles. The summed E-state index contributed by atoms with van der Waals surface area (Å²) in [6, 6.07) is 9.11. The number of nitrogens with one attached hydrogen (secondary N) is 1. The zero-order valence-electron chi connectivity index (χ0n) is 10.0. The molecule has 0 radical (unpaired) electrons. The maximum Gasteiger partial charge on any atom is 0.291 e. The molecule has 9 heteroatoms. The van der Waals surface area contributed by atoms with Crippen LogP contribution in [0.1, 0.15) is 0 Å². The number of fused-ring (bicyclic) bond motifs is 1. The number of anilines is 2. The highest BCUT2D eigenvalue weighted by molar-refractivity contribution is 7.94. The van der Waals surface area contributed by atoms with Gasteiger partial charge in [-0.1, -0.05) is 29.5 Å². The lowest BCUT2D eigenvalue weighted by Crippen LogP contribution is -2.12. The van der Waals surface area contributed by atoms with Crippen LogP contribution in [0.15, 0.2) is 40.9 Å². The Morgan fingerprint density at radius 1 is 1.20 bits per heavy atom. The largest absolute Gasteiger partial charge is 0.374 e. The highest BCUT2D eigenvalue weighted by Gasteiger charge is 2.19. The van der Waals surface area contributed by atoms with Crippen molar-refractivity contribution >= 4 is 43.1 Å². The standard InChI is InChI=1S/C11H9N5O2S2/c12-10-14-15-11(19-10)20(17,18)16-8-5-7-3-1-2-4-9(7)13-6-8/h1-6,16H,(H2,12,14). The number of para-hydroxylation sites is 1. The summed E-state index contributed by atoms with van der Waals surface area (Å²) in [5, 5.41) is 7.94. The molecule has 102 valence electrons. The zero-order valence-corrected chi connectivity index (χ0v) is 11.6. The summed E-state index contributed by atoms with van der Waals surface area (Å²) in [5.41, 5.74) is 6.53. The lowest BCUT2D eigenvalue weighted by atomic mass is 10.2. The highest BCUT2D eigenvalue weighted by atomic mass is 32.2. The molecule has 0 fully saturated rings. The van der Waals surface area contributed by atoms with E-state index in [4.69, 9.17) is 5.73 Å². The molecule has 0 saturated carbocycles. The van der Waals surface area contributed by atoms with E-state index in [9.17, 15) is 8.42 Å². The Kier molecular flexibility index (Phi) is 2.99. The van der Waals surface area contributed by atoms with Gasteiger partial charge < -0.3 is 5.73 Å². The Labute approximate surface area is 118 Å². The Morgan fingerprint density at radius 3 is 2.75 bits per heavy atom. The average molecular weight is 307 g/mol. The van der Waals surface area contributed by atoms with Gasteiger partial charge in [-0.05, 0) is 12.1 Å². The van der Waals surface area contributed by atoms with E-state index in [1.165, 1.54) is 6.20 Å². The van der Waals surface area contributed by atoms with Crippen LogP contribution in [0.5, 0.6) is 0 Å². The van der Waals surface area contributed by atoms with Crippen LogP contribution in [-0.4, -0.2) is 23.6 Å². The molecule has 2 aromatic heterocycles. The van der Waals surface area contributed by atoms with Gasteiger partial charge in [-0.15, -0.1) is 10.2 Å². The Hall–Kier alpha value is -2.26. The van der Waals surface area contributed by atoms with Gasteiger partial charge in [0.05, 0.1) is 17.4 Å². The van der Waals surface area contributed by atoms with Crippen LogP contribution in [0, 0.1) is 0 Å². The first kappa shape index (κ1) is 12.8. The number of nitrogen functional groups attached to an aromatic ring is 1. The lowest BCUT2D eigenvalue weighted by molar-refractivity contribution is 0.599. The molecule has 0 saturated heterocycles. The number of nitrogens with zero attached hydrogens (tertiary/aromatic N) is 3. The molecule has 7 nitrogen and oxygen atoms in total. The van der Waals surface area contributed by atoms with E-state index < -0.39 is 10.0 Å². The molecule has 0 aliphatic carbocycles. The lowest BCUT2D eigenvalue weighted by Gasteiger charge is -2.05. The second-order valence-electron chi connectivity index (χ2n) is 3.93. The molecule has 0 aliphatic rings. The Morgan fingerprint density at radius 2 is 2.00 bits per heavy atom. The van der Waals surface area contributed by atoms with Crippen molar-refractivity contribution in [2.45, 2.75) is 4.34 Å². The second-order valence-corrected chi connectivity index (χ2v) is 6.79. The molecule has 0 spiro atoms. The van der Waals surface area contributed by atoms with Crippen molar-refractivity contribution in [2.24, 2.45) is 0 Å². The van der Waals surface area contributed by atoms with Crippen molar-refractivity contribution in [3.63, 3.8) is 0 Å². The summed E-state index contributed by atoms with van der Waals surface area (Å²) in [5.74, 6) is 0. The van der Waals surface area contributed by atoms with Gasteiger partial charge in [-0.25, -0.2) is 0 Å². The van der Waals surface area contributed by atoms with Crippen LogP contribution in [-0.2, 0) is 10.0 Å². The fraction of sp³-hybridized carbons (Fsp3) is 0. The molecule has 0 unspecified atom stereocenters. The summed E-state index contributed by atoms with van der Waals surface area (Å²) in [6.07, 6.45) is 1.45. The van der Waals surface area contributed by atoms with Gasteiger partial charge in [0.2, 0.25) is 5.13 Å². The average Bonchev–Trinajstić information content (AvgIpc) is 2.86. The van der Waals surface area contributed by atoms with Gasteiger partial charge in [0.25, 0.3) is 14.4 Å². The predicted octanol–water partition coefficient (Wildman–Crippen LogP) is 1.47.